The van der Waals surface area contributed by atoms with Crippen LogP contribution in [0.15, 0.2) is 12.2 Å². The van der Waals surface area contributed by atoms with E-state index in [0.717, 1.165) is 6.42 Å². The van der Waals surface area contributed by atoms with Crippen LogP contribution in [0.4, 0.5) is 0 Å². The SMILES string of the molecule is OCCC1CCCC2C=CC(CO)C2CC1. The van der Waals surface area contributed by atoms with Crippen molar-refractivity contribution in [2.24, 2.45) is 23.7 Å². The Labute approximate surface area is 98.4 Å². The maximum absolute atomic E-state index is 9.35. The van der Waals surface area contributed by atoms with Crippen molar-refractivity contribution in [3.8, 4) is 0 Å². The summed E-state index contributed by atoms with van der Waals surface area (Å²) in [6.45, 7) is 0.642. The van der Waals surface area contributed by atoms with Gasteiger partial charge in [-0.15, -0.1) is 0 Å². The van der Waals surface area contributed by atoms with Crippen LogP contribution in [0.1, 0.15) is 38.5 Å². The van der Waals surface area contributed by atoms with Crippen molar-refractivity contribution in [3.05, 3.63) is 12.2 Å². The van der Waals surface area contributed by atoms with Crippen molar-refractivity contribution in [3.63, 3.8) is 0 Å². The molecule has 0 aromatic rings. The molecule has 2 rings (SSSR count). The van der Waals surface area contributed by atoms with Gasteiger partial charge in [-0.1, -0.05) is 31.4 Å². The molecule has 0 aliphatic heterocycles. The Morgan fingerprint density at radius 3 is 2.62 bits per heavy atom. The highest BCUT2D eigenvalue weighted by atomic mass is 16.3. The normalized spacial score (nSPS) is 39.1. The van der Waals surface area contributed by atoms with Gasteiger partial charge >= 0.3 is 0 Å². The van der Waals surface area contributed by atoms with Gasteiger partial charge in [0.15, 0.2) is 0 Å². The molecule has 0 amide bonds. The van der Waals surface area contributed by atoms with Crippen molar-refractivity contribution >= 4 is 0 Å². The fourth-order valence-electron chi connectivity index (χ4n) is 3.51. The third-order valence-electron chi connectivity index (χ3n) is 4.51. The topological polar surface area (TPSA) is 40.5 Å². The summed E-state index contributed by atoms with van der Waals surface area (Å²) in [5.41, 5.74) is 0. The number of rotatable bonds is 3. The summed E-state index contributed by atoms with van der Waals surface area (Å²) in [7, 11) is 0. The first-order chi connectivity index (χ1) is 7.85. The molecule has 2 aliphatic rings. The van der Waals surface area contributed by atoms with Gasteiger partial charge in [0.25, 0.3) is 0 Å². The van der Waals surface area contributed by atoms with E-state index in [9.17, 15) is 5.11 Å². The first kappa shape index (κ1) is 12.1. The van der Waals surface area contributed by atoms with Crippen molar-refractivity contribution in [1.82, 2.24) is 0 Å². The minimum atomic E-state index is 0.308. The predicted octanol–water partition coefficient (Wildman–Crippen LogP) is 2.36. The third-order valence-corrected chi connectivity index (χ3v) is 4.51. The molecule has 0 radical (unpaired) electrons. The van der Waals surface area contributed by atoms with Crippen molar-refractivity contribution in [2.75, 3.05) is 13.2 Å². The maximum atomic E-state index is 9.35. The molecule has 4 unspecified atom stereocenters. The molecule has 0 aromatic heterocycles. The fraction of sp³-hybridized carbons (Fsp3) is 0.857. The van der Waals surface area contributed by atoms with Gasteiger partial charge in [0.05, 0.1) is 0 Å². The van der Waals surface area contributed by atoms with Crippen LogP contribution >= 0.6 is 0 Å². The molecule has 16 heavy (non-hydrogen) atoms. The summed E-state index contributed by atoms with van der Waals surface area (Å²) >= 11 is 0. The Morgan fingerprint density at radius 2 is 1.88 bits per heavy atom. The molecule has 0 aromatic carbocycles. The van der Waals surface area contributed by atoms with E-state index in [1.54, 1.807) is 0 Å². The van der Waals surface area contributed by atoms with E-state index >= 15 is 0 Å². The van der Waals surface area contributed by atoms with Gasteiger partial charge in [0.1, 0.15) is 0 Å². The minimum absolute atomic E-state index is 0.308. The fourth-order valence-corrected chi connectivity index (χ4v) is 3.51. The van der Waals surface area contributed by atoms with E-state index in [-0.39, 0.29) is 0 Å². The van der Waals surface area contributed by atoms with Crippen molar-refractivity contribution in [2.45, 2.75) is 38.5 Å². The lowest BCUT2D eigenvalue weighted by Gasteiger charge is -2.29. The number of aliphatic hydroxyl groups is 2. The molecule has 2 nitrogen and oxygen atoms in total. The van der Waals surface area contributed by atoms with Crippen LogP contribution in [0.5, 0.6) is 0 Å². The molecule has 1 saturated carbocycles. The molecular weight excluding hydrogens is 200 g/mol. The van der Waals surface area contributed by atoms with Gasteiger partial charge in [-0.2, -0.15) is 0 Å². The number of hydrogen-bond acceptors (Lipinski definition) is 2. The van der Waals surface area contributed by atoms with Crippen molar-refractivity contribution < 1.29 is 10.2 Å². The van der Waals surface area contributed by atoms with E-state index in [1.165, 1.54) is 32.1 Å². The summed E-state index contributed by atoms with van der Waals surface area (Å²) in [6, 6.07) is 0. The average molecular weight is 224 g/mol. The zero-order valence-electron chi connectivity index (χ0n) is 10.0. The Kier molecular flexibility index (Phi) is 4.42. The summed E-state index contributed by atoms with van der Waals surface area (Å²) in [5, 5.41) is 18.4. The molecule has 4 atom stereocenters. The second-order valence-electron chi connectivity index (χ2n) is 5.45. The molecule has 0 bridgehead atoms. The van der Waals surface area contributed by atoms with E-state index in [2.05, 4.69) is 12.2 Å². The zero-order valence-corrected chi connectivity index (χ0v) is 10.0. The van der Waals surface area contributed by atoms with Gasteiger partial charge in [-0.25, -0.2) is 0 Å². The zero-order chi connectivity index (χ0) is 11.4. The van der Waals surface area contributed by atoms with Gasteiger partial charge in [0, 0.05) is 19.1 Å². The molecule has 0 saturated heterocycles. The van der Waals surface area contributed by atoms with Gasteiger partial charge in [-0.05, 0) is 37.0 Å². The monoisotopic (exact) mass is 224 g/mol. The van der Waals surface area contributed by atoms with Crippen LogP contribution in [0.2, 0.25) is 0 Å². The largest absolute Gasteiger partial charge is 0.396 e. The molecular formula is C14H24O2. The van der Waals surface area contributed by atoms with Crippen LogP contribution < -0.4 is 0 Å². The predicted molar refractivity (Wildman–Crippen MR) is 65.0 cm³/mol. The average Bonchev–Trinajstić information content (AvgIpc) is 2.64. The molecule has 0 spiro atoms. The second kappa shape index (κ2) is 5.83. The Hall–Kier alpha value is -0.340. The summed E-state index contributed by atoms with van der Waals surface area (Å²) in [5.74, 6) is 2.50. The number of hydrogen-bond donors (Lipinski definition) is 2. The van der Waals surface area contributed by atoms with Crippen LogP contribution in [0, 0.1) is 23.7 Å². The number of fused-ring (bicyclic) bond motifs is 1. The lowest BCUT2D eigenvalue weighted by Crippen LogP contribution is -2.22. The summed E-state index contributed by atoms with van der Waals surface area (Å²) in [4.78, 5) is 0. The maximum Gasteiger partial charge on any atom is 0.0496 e. The van der Waals surface area contributed by atoms with Gasteiger partial charge in [0.2, 0.25) is 0 Å². The number of allylic oxidation sites excluding steroid dienone is 1. The van der Waals surface area contributed by atoms with Gasteiger partial charge < -0.3 is 10.2 Å². The number of aliphatic hydroxyl groups excluding tert-OH is 2. The van der Waals surface area contributed by atoms with Gasteiger partial charge in [-0.3, -0.25) is 0 Å². The third kappa shape index (κ3) is 2.67. The Balaban J connectivity index is 1.91. The van der Waals surface area contributed by atoms with Crippen LogP contribution in [-0.4, -0.2) is 23.4 Å². The Morgan fingerprint density at radius 1 is 1.00 bits per heavy atom. The van der Waals surface area contributed by atoms with E-state index < -0.39 is 0 Å². The highest BCUT2D eigenvalue weighted by Crippen LogP contribution is 2.40. The minimum Gasteiger partial charge on any atom is -0.396 e. The van der Waals surface area contributed by atoms with Crippen LogP contribution in [0.25, 0.3) is 0 Å². The molecule has 2 N–H and O–H groups in total. The quantitative estimate of drug-likeness (QED) is 0.722. The highest BCUT2D eigenvalue weighted by molar-refractivity contribution is 5.06. The van der Waals surface area contributed by atoms with E-state index in [4.69, 9.17) is 5.11 Å². The first-order valence-corrected chi connectivity index (χ1v) is 6.75. The smallest absolute Gasteiger partial charge is 0.0496 e. The van der Waals surface area contributed by atoms with Crippen LogP contribution in [0.3, 0.4) is 0 Å². The summed E-state index contributed by atoms with van der Waals surface area (Å²) < 4.78 is 0. The molecule has 2 heteroatoms. The molecule has 2 aliphatic carbocycles. The highest BCUT2D eigenvalue weighted by Gasteiger charge is 2.32. The molecule has 1 fully saturated rings. The molecule has 92 valence electrons. The summed E-state index contributed by atoms with van der Waals surface area (Å²) in [6.07, 6.45) is 11.8. The van der Waals surface area contributed by atoms with E-state index in [1.807, 2.05) is 0 Å². The standard InChI is InChI=1S/C14H24O2/c15-9-8-11-2-1-3-12-5-6-13(10-16)14(12)7-4-11/h5-6,11-16H,1-4,7-10H2. The second-order valence-corrected chi connectivity index (χ2v) is 5.45. The van der Waals surface area contributed by atoms with Crippen molar-refractivity contribution in [1.29, 1.82) is 0 Å². The lowest BCUT2D eigenvalue weighted by atomic mass is 9.76. The molecule has 0 heterocycles. The van der Waals surface area contributed by atoms with E-state index in [0.29, 0.717) is 36.9 Å². The first-order valence-electron chi connectivity index (χ1n) is 6.75. The lowest BCUT2D eigenvalue weighted by molar-refractivity contribution is 0.158. The van der Waals surface area contributed by atoms with Crippen LogP contribution in [-0.2, 0) is 0 Å². The Bertz CT molecular complexity index is 237.